The molecule has 0 radical (unpaired) electrons. The molecule has 0 amide bonds. The molecule has 0 saturated heterocycles. The summed E-state index contributed by atoms with van der Waals surface area (Å²) in [6.07, 6.45) is 0. The third-order valence-electron chi connectivity index (χ3n) is 3.23. The third kappa shape index (κ3) is 3.55. The van der Waals surface area contributed by atoms with E-state index in [4.69, 9.17) is 4.74 Å². The van der Waals surface area contributed by atoms with Crippen molar-refractivity contribution in [1.29, 1.82) is 0 Å². The molecule has 0 fully saturated rings. The number of nitrogens with one attached hydrogen (secondary N) is 1. The van der Waals surface area contributed by atoms with E-state index >= 15 is 0 Å². The normalized spacial score (nSPS) is 12.2. The molecule has 0 aliphatic heterocycles. The van der Waals surface area contributed by atoms with Crippen LogP contribution in [-0.2, 0) is 6.54 Å². The van der Waals surface area contributed by atoms with E-state index in [1.54, 1.807) is 7.11 Å². The zero-order valence-electron chi connectivity index (χ0n) is 11.7. The van der Waals surface area contributed by atoms with Crippen molar-refractivity contribution in [2.45, 2.75) is 26.4 Å². The number of pyridine rings is 1. The summed E-state index contributed by atoms with van der Waals surface area (Å²) in [5, 5.41) is 3.49. The number of nitrogens with zero attached hydrogens (tertiary/aromatic N) is 1. The van der Waals surface area contributed by atoms with Gasteiger partial charge in [-0.25, -0.2) is 4.98 Å². The maximum atomic E-state index is 5.13. The maximum absolute atomic E-state index is 5.13. The molecule has 1 aromatic heterocycles. The Hall–Kier alpha value is -1.87. The minimum atomic E-state index is 0.300. The lowest BCUT2D eigenvalue weighted by Gasteiger charge is -2.16. The van der Waals surface area contributed by atoms with Crippen LogP contribution in [0, 0.1) is 6.92 Å². The number of hydrogen-bond acceptors (Lipinski definition) is 3. The van der Waals surface area contributed by atoms with Gasteiger partial charge in [0.25, 0.3) is 0 Å². The Morgan fingerprint density at radius 1 is 1.16 bits per heavy atom. The van der Waals surface area contributed by atoms with Crippen molar-refractivity contribution in [3.05, 3.63) is 59.3 Å². The van der Waals surface area contributed by atoms with Crippen LogP contribution in [-0.4, -0.2) is 12.1 Å². The molecule has 1 aromatic carbocycles. The number of methoxy groups -OCH3 is 1. The van der Waals surface area contributed by atoms with Gasteiger partial charge in [-0.1, -0.05) is 30.3 Å². The first-order valence-electron chi connectivity index (χ1n) is 6.49. The number of rotatable bonds is 5. The molecular formula is C16H20N2O. The average molecular weight is 256 g/mol. The second-order valence-electron chi connectivity index (χ2n) is 4.63. The number of ether oxygens (including phenoxy) is 1. The molecule has 0 bridgehead atoms. The molecule has 100 valence electrons. The number of benzene rings is 1. The van der Waals surface area contributed by atoms with Crippen LogP contribution in [0.3, 0.4) is 0 Å². The first kappa shape index (κ1) is 13.6. The van der Waals surface area contributed by atoms with Crippen molar-refractivity contribution in [2.75, 3.05) is 7.11 Å². The minimum absolute atomic E-state index is 0.300. The van der Waals surface area contributed by atoms with Crippen molar-refractivity contribution in [1.82, 2.24) is 10.3 Å². The zero-order chi connectivity index (χ0) is 13.7. The van der Waals surface area contributed by atoms with Crippen LogP contribution in [0.2, 0.25) is 0 Å². The van der Waals surface area contributed by atoms with Crippen molar-refractivity contribution in [3.8, 4) is 5.88 Å². The summed E-state index contributed by atoms with van der Waals surface area (Å²) in [5.74, 6) is 0.655. The van der Waals surface area contributed by atoms with E-state index in [0.29, 0.717) is 11.9 Å². The maximum Gasteiger partial charge on any atom is 0.213 e. The summed E-state index contributed by atoms with van der Waals surface area (Å²) in [4.78, 5) is 4.39. The Morgan fingerprint density at radius 2 is 1.95 bits per heavy atom. The second-order valence-corrected chi connectivity index (χ2v) is 4.63. The van der Waals surface area contributed by atoms with E-state index in [9.17, 15) is 0 Å². The number of aromatic nitrogens is 1. The molecule has 1 N–H and O–H groups in total. The Kier molecular flexibility index (Phi) is 4.53. The third-order valence-corrected chi connectivity index (χ3v) is 3.23. The van der Waals surface area contributed by atoms with Gasteiger partial charge in [0, 0.05) is 18.7 Å². The fourth-order valence-corrected chi connectivity index (χ4v) is 2.11. The minimum Gasteiger partial charge on any atom is -0.481 e. The van der Waals surface area contributed by atoms with E-state index in [2.05, 4.69) is 48.4 Å². The molecule has 2 aromatic rings. The van der Waals surface area contributed by atoms with Crippen molar-refractivity contribution >= 4 is 0 Å². The molecule has 0 spiro atoms. The first-order valence-corrected chi connectivity index (χ1v) is 6.49. The fraction of sp³-hybridized carbons (Fsp3) is 0.312. The quantitative estimate of drug-likeness (QED) is 0.891. The van der Waals surface area contributed by atoms with E-state index in [0.717, 1.165) is 12.2 Å². The van der Waals surface area contributed by atoms with Gasteiger partial charge in [0.15, 0.2) is 0 Å². The van der Waals surface area contributed by atoms with Crippen LogP contribution >= 0.6 is 0 Å². The highest BCUT2D eigenvalue weighted by atomic mass is 16.5. The molecule has 19 heavy (non-hydrogen) atoms. The topological polar surface area (TPSA) is 34.1 Å². The number of hydrogen-bond donors (Lipinski definition) is 1. The standard InChI is InChI=1S/C16H20N2O/c1-12-7-4-5-9-15(12)13(2)17-11-14-8-6-10-16(18-14)19-3/h4-10,13,17H,11H2,1-3H3. The van der Waals surface area contributed by atoms with Gasteiger partial charge in [0.2, 0.25) is 5.88 Å². The van der Waals surface area contributed by atoms with Gasteiger partial charge in [0.05, 0.1) is 12.8 Å². The summed E-state index contributed by atoms with van der Waals surface area (Å²) in [6.45, 7) is 5.03. The highest BCUT2D eigenvalue weighted by Gasteiger charge is 2.07. The average Bonchev–Trinajstić information content (AvgIpc) is 2.45. The summed E-state index contributed by atoms with van der Waals surface area (Å²) in [5.41, 5.74) is 3.62. The smallest absolute Gasteiger partial charge is 0.213 e. The Labute approximate surface area is 114 Å². The van der Waals surface area contributed by atoms with Gasteiger partial charge in [-0.05, 0) is 31.0 Å². The predicted octanol–water partition coefficient (Wildman–Crippen LogP) is 3.25. The van der Waals surface area contributed by atoms with Gasteiger partial charge in [-0.2, -0.15) is 0 Å². The van der Waals surface area contributed by atoms with Crippen LogP contribution in [0.15, 0.2) is 42.5 Å². The monoisotopic (exact) mass is 256 g/mol. The molecule has 3 heteroatoms. The predicted molar refractivity (Wildman–Crippen MR) is 77.2 cm³/mol. The molecule has 1 heterocycles. The van der Waals surface area contributed by atoms with Crippen molar-refractivity contribution < 1.29 is 4.74 Å². The van der Waals surface area contributed by atoms with Gasteiger partial charge >= 0.3 is 0 Å². The van der Waals surface area contributed by atoms with Crippen molar-refractivity contribution in [2.24, 2.45) is 0 Å². The van der Waals surface area contributed by atoms with E-state index in [1.165, 1.54) is 11.1 Å². The highest BCUT2D eigenvalue weighted by molar-refractivity contribution is 5.28. The van der Waals surface area contributed by atoms with Gasteiger partial charge in [-0.3, -0.25) is 0 Å². The lowest BCUT2D eigenvalue weighted by Crippen LogP contribution is -2.19. The first-order chi connectivity index (χ1) is 9.20. The molecule has 1 atom stereocenters. The molecule has 0 saturated carbocycles. The zero-order valence-corrected chi connectivity index (χ0v) is 11.7. The molecular weight excluding hydrogens is 236 g/mol. The second kappa shape index (κ2) is 6.34. The summed E-state index contributed by atoms with van der Waals surface area (Å²) >= 11 is 0. The largest absolute Gasteiger partial charge is 0.481 e. The van der Waals surface area contributed by atoms with E-state index < -0.39 is 0 Å². The summed E-state index contributed by atoms with van der Waals surface area (Å²) in [6, 6.07) is 14.5. The number of aryl methyl sites for hydroxylation is 1. The van der Waals surface area contributed by atoms with Gasteiger partial charge in [0.1, 0.15) is 0 Å². The molecule has 0 aliphatic rings. The lowest BCUT2D eigenvalue weighted by molar-refractivity contribution is 0.395. The van der Waals surface area contributed by atoms with Crippen LogP contribution in [0.4, 0.5) is 0 Å². The van der Waals surface area contributed by atoms with E-state index in [-0.39, 0.29) is 0 Å². The summed E-state index contributed by atoms with van der Waals surface area (Å²) < 4.78 is 5.13. The summed E-state index contributed by atoms with van der Waals surface area (Å²) in [7, 11) is 1.63. The lowest BCUT2D eigenvalue weighted by atomic mass is 10.0. The molecule has 1 unspecified atom stereocenters. The fourth-order valence-electron chi connectivity index (χ4n) is 2.11. The Morgan fingerprint density at radius 3 is 2.68 bits per heavy atom. The van der Waals surface area contributed by atoms with Gasteiger partial charge < -0.3 is 10.1 Å². The highest BCUT2D eigenvalue weighted by Crippen LogP contribution is 2.17. The van der Waals surface area contributed by atoms with E-state index in [1.807, 2.05) is 18.2 Å². The Bertz CT molecular complexity index is 540. The van der Waals surface area contributed by atoms with Crippen molar-refractivity contribution in [3.63, 3.8) is 0 Å². The molecule has 3 nitrogen and oxygen atoms in total. The van der Waals surface area contributed by atoms with Crippen LogP contribution in [0.1, 0.15) is 29.8 Å². The molecule has 0 aliphatic carbocycles. The van der Waals surface area contributed by atoms with Crippen LogP contribution in [0.25, 0.3) is 0 Å². The molecule has 2 rings (SSSR count). The SMILES string of the molecule is COc1cccc(CNC(C)c2ccccc2C)n1. The van der Waals surface area contributed by atoms with Crippen LogP contribution < -0.4 is 10.1 Å². The van der Waals surface area contributed by atoms with Crippen LogP contribution in [0.5, 0.6) is 5.88 Å². The van der Waals surface area contributed by atoms with Gasteiger partial charge in [-0.15, -0.1) is 0 Å². The Balaban J connectivity index is 2.00.